The molecule has 26 heavy (non-hydrogen) atoms. The quantitative estimate of drug-likeness (QED) is 0.782. The van der Waals surface area contributed by atoms with Crippen LogP contribution in [0.1, 0.15) is 42.5 Å². The van der Waals surface area contributed by atoms with Crippen molar-refractivity contribution in [2.24, 2.45) is 11.8 Å². The van der Waals surface area contributed by atoms with Crippen LogP contribution in [-0.4, -0.2) is 42.1 Å². The Morgan fingerprint density at radius 1 is 1.12 bits per heavy atom. The van der Waals surface area contributed by atoms with Gasteiger partial charge in [0.15, 0.2) is 0 Å². The minimum atomic E-state index is -0.297. The number of benzene rings is 1. The molecule has 1 saturated carbocycles. The number of hydrogen-bond acceptors (Lipinski definition) is 4. The number of nitrogens with zero attached hydrogens (tertiary/aromatic N) is 1. The first-order valence-electron chi connectivity index (χ1n) is 8.98. The van der Waals surface area contributed by atoms with Crippen molar-refractivity contribution in [1.82, 2.24) is 10.2 Å². The third kappa shape index (κ3) is 3.61. The number of nitrogens with one attached hydrogen (secondary N) is 2. The number of likely N-dealkylation sites (tertiary alicyclic amines) is 1. The fourth-order valence-corrected chi connectivity index (χ4v) is 3.77. The maximum absolute atomic E-state index is 12.4. The van der Waals surface area contributed by atoms with E-state index in [1.807, 2.05) is 0 Å². The van der Waals surface area contributed by atoms with Gasteiger partial charge in [0.2, 0.25) is 17.7 Å². The van der Waals surface area contributed by atoms with Crippen molar-refractivity contribution in [3.8, 4) is 0 Å². The van der Waals surface area contributed by atoms with Crippen molar-refractivity contribution in [2.45, 2.75) is 32.1 Å². The monoisotopic (exact) mass is 357 g/mol. The molecule has 3 rings (SSSR count). The van der Waals surface area contributed by atoms with E-state index < -0.39 is 0 Å². The molecule has 2 aliphatic rings. The molecule has 2 N–H and O–H groups in total. The summed E-state index contributed by atoms with van der Waals surface area (Å²) in [6.07, 6.45) is 3.54. The van der Waals surface area contributed by atoms with Gasteiger partial charge in [-0.3, -0.25) is 24.1 Å². The van der Waals surface area contributed by atoms with Gasteiger partial charge in [-0.25, -0.2) is 0 Å². The predicted molar refractivity (Wildman–Crippen MR) is 95.2 cm³/mol. The average molecular weight is 357 g/mol. The minimum absolute atomic E-state index is 0.0428. The van der Waals surface area contributed by atoms with Gasteiger partial charge in [0.05, 0.1) is 11.8 Å². The van der Waals surface area contributed by atoms with Gasteiger partial charge in [0, 0.05) is 31.3 Å². The summed E-state index contributed by atoms with van der Waals surface area (Å²) in [6.45, 7) is 0.103. The lowest BCUT2D eigenvalue weighted by Gasteiger charge is -2.19. The number of fused-ring (bicyclic) bond motifs is 1. The summed E-state index contributed by atoms with van der Waals surface area (Å²) in [4.78, 5) is 49.9. The van der Waals surface area contributed by atoms with Crippen molar-refractivity contribution in [1.29, 1.82) is 0 Å². The summed E-state index contributed by atoms with van der Waals surface area (Å²) in [7, 11) is 1.54. The van der Waals surface area contributed by atoms with Crippen molar-refractivity contribution >= 4 is 29.3 Å². The third-order valence-electron chi connectivity index (χ3n) is 5.13. The number of amides is 4. The van der Waals surface area contributed by atoms with Gasteiger partial charge < -0.3 is 10.6 Å². The third-order valence-corrected chi connectivity index (χ3v) is 5.13. The van der Waals surface area contributed by atoms with Gasteiger partial charge in [-0.05, 0) is 31.0 Å². The number of carbonyl (C=O) groups excluding carboxylic acids is 4. The molecule has 4 amide bonds. The Bertz CT molecular complexity index is 722. The Morgan fingerprint density at radius 3 is 2.38 bits per heavy atom. The van der Waals surface area contributed by atoms with Crippen molar-refractivity contribution in [2.75, 3.05) is 18.9 Å². The van der Waals surface area contributed by atoms with Gasteiger partial charge in [-0.1, -0.05) is 18.9 Å². The molecular weight excluding hydrogens is 334 g/mol. The first-order chi connectivity index (χ1) is 12.5. The first kappa shape index (κ1) is 18.1. The maximum atomic E-state index is 12.4. The van der Waals surface area contributed by atoms with E-state index in [9.17, 15) is 19.2 Å². The summed E-state index contributed by atoms with van der Waals surface area (Å²) in [6, 6.07) is 6.60. The Balaban J connectivity index is 1.57. The average Bonchev–Trinajstić information content (AvgIpc) is 2.90. The lowest BCUT2D eigenvalue weighted by molar-refractivity contribution is -0.140. The number of imide groups is 1. The van der Waals surface area contributed by atoms with Gasteiger partial charge in [0.1, 0.15) is 0 Å². The van der Waals surface area contributed by atoms with Crippen molar-refractivity contribution in [3.63, 3.8) is 0 Å². The first-order valence-corrected chi connectivity index (χ1v) is 8.98. The molecule has 1 aliphatic heterocycles. The van der Waals surface area contributed by atoms with Crippen LogP contribution >= 0.6 is 0 Å². The number of anilines is 1. The molecule has 0 radical (unpaired) electrons. The van der Waals surface area contributed by atoms with Crippen molar-refractivity contribution < 1.29 is 19.2 Å². The number of rotatable bonds is 5. The zero-order chi connectivity index (χ0) is 18.7. The Kier molecular flexibility index (Phi) is 5.35. The second kappa shape index (κ2) is 7.68. The molecule has 1 aromatic carbocycles. The van der Waals surface area contributed by atoms with Crippen LogP contribution in [0, 0.1) is 11.8 Å². The summed E-state index contributed by atoms with van der Waals surface area (Å²) in [5.74, 6) is -1.18. The predicted octanol–water partition coefficient (Wildman–Crippen LogP) is 1.55. The van der Waals surface area contributed by atoms with Crippen LogP contribution in [0.5, 0.6) is 0 Å². The molecule has 138 valence electrons. The van der Waals surface area contributed by atoms with Gasteiger partial charge in [-0.2, -0.15) is 0 Å². The lowest BCUT2D eigenvalue weighted by Crippen LogP contribution is -2.34. The van der Waals surface area contributed by atoms with Crippen LogP contribution in [0.4, 0.5) is 5.69 Å². The normalized spacial score (nSPS) is 22.1. The van der Waals surface area contributed by atoms with Gasteiger partial charge in [-0.15, -0.1) is 0 Å². The van der Waals surface area contributed by atoms with E-state index in [1.165, 1.54) is 11.9 Å². The smallest absolute Gasteiger partial charge is 0.251 e. The second-order valence-electron chi connectivity index (χ2n) is 6.78. The van der Waals surface area contributed by atoms with E-state index in [-0.39, 0.29) is 48.4 Å². The van der Waals surface area contributed by atoms with E-state index in [4.69, 9.17) is 0 Å². The van der Waals surface area contributed by atoms with Crippen LogP contribution in [0.25, 0.3) is 0 Å². The van der Waals surface area contributed by atoms with E-state index in [0.717, 1.165) is 25.7 Å². The Hall–Kier alpha value is -2.70. The van der Waals surface area contributed by atoms with Gasteiger partial charge >= 0.3 is 0 Å². The molecule has 1 aliphatic carbocycles. The van der Waals surface area contributed by atoms with Crippen molar-refractivity contribution in [3.05, 3.63) is 29.8 Å². The fraction of sp³-hybridized carbons (Fsp3) is 0.474. The molecule has 1 aromatic rings. The molecule has 0 spiro atoms. The zero-order valence-corrected chi connectivity index (χ0v) is 14.8. The summed E-state index contributed by atoms with van der Waals surface area (Å²) in [5.41, 5.74) is 0.947. The van der Waals surface area contributed by atoms with Gasteiger partial charge in [0.25, 0.3) is 5.91 Å². The molecule has 0 aromatic heterocycles. The highest BCUT2D eigenvalue weighted by atomic mass is 16.2. The molecule has 0 bridgehead atoms. The Labute approximate surface area is 152 Å². The maximum Gasteiger partial charge on any atom is 0.251 e. The van der Waals surface area contributed by atoms with Crippen LogP contribution in [0.15, 0.2) is 24.3 Å². The molecule has 2 fully saturated rings. The molecule has 0 unspecified atom stereocenters. The highest BCUT2D eigenvalue weighted by Crippen LogP contribution is 2.37. The number of carbonyl (C=O) groups is 4. The largest absolute Gasteiger partial charge is 0.355 e. The lowest BCUT2D eigenvalue weighted by atomic mass is 9.81. The fourth-order valence-electron chi connectivity index (χ4n) is 3.77. The van der Waals surface area contributed by atoms with Crippen LogP contribution in [0.3, 0.4) is 0 Å². The van der Waals surface area contributed by atoms with Crippen LogP contribution < -0.4 is 10.6 Å². The van der Waals surface area contributed by atoms with E-state index in [2.05, 4.69) is 10.6 Å². The molecule has 2 atom stereocenters. The zero-order valence-electron chi connectivity index (χ0n) is 14.8. The highest BCUT2D eigenvalue weighted by Gasteiger charge is 2.47. The topological polar surface area (TPSA) is 95.6 Å². The molecule has 7 nitrogen and oxygen atoms in total. The molecule has 7 heteroatoms. The Morgan fingerprint density at radius 2 is 1.77 bits per heavy atom. The van der Waals surface area contributed by atoms with E-state index >= 15 is 0 Å². The number of hydrogen-bond donors (Lipinski definition) is 2. The van der Waals surface area contributed by atoms with E-state index in [1.54, 1.807) is 24.3 Å². The summed E-state index contributed by atoms with van der Waals surface area (Å²) < 4.78 is 0. The molecule has 1 saturated heterocycles. The summed E-state index contributed by atoms with van der Waals surface area (Å²) in [5, 5.41) is 5.23. The SMILES string of the molecule is CNC(=O)c1cccc(NC(=O)CCN2C(=O)[C@H]3CCCC[C@H]3C2=O)c1. The van der Waals surface area contributed by atoms with E-state index in [0.29, 0.717) is 11.3 Å². The molecular formula is C19H23N3O4. The minimum Gasteiger partial charge on any atom is -0.355 e. The van der Waals surface area contributed by atoms with Crippen LogP contribution in [0.2, 0.25) is 0 Å². The second-order valence-corrected chi connectivity index (χ2v) is 6.78. The summed E-state index contributed by atoms with van der Waals surface area (Å²) >= 11 is 0. The molecule has 1 heterocycles. The standard InChI is InChI=1S/C19H23N3O4/c1-20-17(24)12-5-4-6-13(11-12)21-16(23)9-10-22-18(25)14-7-2-3-8-15(14)19(22)26/h4-6,11,14-15H,2-3,7-10H2,1H3,(H,20,24)(H,21,23)/t14-,15+. The van der Waals surface area contributed by atoms with Crippen LogP contribution in [-0.2, 0) is 14.4 Å². The highest BCUT2D eigenvalue weighted by molar-refractivity contribution is 6.05.